The van der Waals surface area contributed by atoms with Crippen LogP contribution in [0.1, 0.15) is 25.3 Å². The monoisotopic (exact) mass is 238 g/mol. The van der Waals surface area contributed by atoms with Gasteiger partial charge >= 0.3 is 0 Å². The van der Waals surface area contributed by atoms with Gasteiger partial charge in [0, 0.05) is 30.2 Å². The number of rotatable bonds is 6. The highest BCUT2D eigenvalue weighted by atomic mass is 35.5. The average Bonchev–Trinajstić information content (AvgIpc) is 3.09. The summed E-state index contributed by atoms with van der Waals surface area (Å²) in [6.07, 6.45) is 2.70. The van der Waals surface area contributed by atoms with E-state index >= 15 is 0 Å². The fourth-order valence-corrected chi connectivity index (χ4v) is 1.72. The van der Waals surface area contributed by atoms with Crippen LogP contribution < -0.4 is 10.6 Å². The SMILES string of the molecule is CC(CNC1CC1)NCc1ccc(Cl)cc1. The first kappa shape index (κ1) is 11.9. The van der Waals surface area contributed by atoms with E-state index in [9.17, 15) is 0 Å². The molecule has 16 heavy (non-hydrogen) atoms. The summed E-state index contributed by atoms with van der Waals surface area (Å²) >= 11 is 5.84. The van der Waals surface area contributed by atoms with E-state index in [0.717, 1.165) is 24.2 Å². The summed E-state index contributed by atoms with van der Waals surface area (Å²) in [5.41, 5.74) is 1.28. The molecular weight excluding hydrogens is 220 g/mol. The lowest BCUT2D eigenvalue weighted by Gasteiger charge is -2.14. The third-order valence-electron chi connectivity index (χ3n) is 2.86. The molecule has 0 aromatic heterocycles. The predicted molar refractivity (Wildman–Crippen MR) is 68.8 cm³/mol. The molecule has 0 bridgehead atoms. The molecule has 1 aromatic carbocycles. The normalized spacial score (nSPS) is 17.4. The molecule has 0 radical (unpaired) electrons. The van der Waals surface area contributed by atoms with Crippen LogP contribution in [0.25, 0.3) is 0 Å². The van der Waals surface area contributed by atoms with Crippen LogP contribution in [-0.4, -0.2) is 18.6 Å². The summed E-state index contributed by atoms with van der Waals surface area (Å²) in [6.45, 7) is 4.17. The Kier molecular flexibility index (Phi) is 4.22. The van der Waals surface area contributed by atoms with Gasteiger partial charge in [0.15, 0.2) is 0 Å². The van der Waals surface area contributed by atoms with Crippen LogP contribution in [0.3, 0.4) is 0 Å². The van der Waals surface area contributed by atoms with Gasteiger partial charge in [-0.3, -0.25) is 0 Å². The van der Waals surface area contributed by atoms with Crippen molar-refractivity contribution in [2.75, 3.05) is 6.54 Å². The maximum atomic E-state index is 5.84. The highest BCUT2D eigenvalue weighted by Gasteiger charge is 2.20. The van der Waals surface area contributed by atoms with Gasteiger partial charge in [-0.25, -0.2) is 0 Å². The van der Waals surface area contributed by atoms with Crippen molar-refractivity contribution in [2.24, 2.45) is 0 Å². The number of halogens is 1. The molecule has 1 saturated carbocycles. The number of hydrogen-bond acceptors (Lipinski definition) is 2. The maximum Gasteiger partial charge on any atom is 0.0406 e. The Morgan fingerprint density at radius 3 is 2.62 bits per heavy atom. The summed E-state index contributed by atoms with van der Waals surface area (Å²) in [5.74, 6) is 0. The van der Waals surface area contributed by atoms with Crippen molar-refractivity contribution in [3.63, 3.8) is 0 Å². The Balaban J connectivity index is 1.67. The Hall–Kier alpha value is -0.570. The first-order valence-corrected chi connectivity index (χ1v) is 6.33. The minimum absolute atomic E-state index is 0.510. The van der Waals surface area contributed by atoms with Gasteiger partial charge in [-0.1, -0.05) is 23.7 Å². The second-order valence-corrected chi connectivity index (χ2v) is 5.03. The van der Waals surface area contributed by atoms with Gasteiger partial charge < -0.3 is 10.6 Å². The third kappa shape index (κ3) is 4.12. The predicted octanol–water partition coefficient (Wildman–Crippen LogP) is 2.57. The molecule has 0 saturated heterocycles. The molecule has 2 N–H and O–H groups in total. The van der Waals surface area contributed by atoms with Crippen molar-refractivity contribution in [1.29, 1.82) is 0 Å². The zero-order valence-corrected chi connectivity index (χ0v) is 10.4. The van der Waals surface area contributed by atoms with Gasteiger partial charge in [0.05, 0.1) is 0 Å². The first-order valence-electron chi connectivity index (χ1n) is 5.95. The topological polar surface area (TPSA) is 24.1 Å². The largest absolute Gasteiger partial charge is 0.312 e. The van der Waals surface area contributed by atoms with Crippen molar-refractivity contribution < 1.29 is 0 Å². The van der Waals surface area contributed by atoms with Crippen LogP contribution in [0.4, 0.5) is 0 Å². The van der Waals surface area contributed by atoms with Gasteiger partial charge in [-0.05, 0) is 37.5 Å². The Bertz CT molecular complexity index is 319. The fourth-order valence-electron chi connectivity index (χ4n) is 1.60. The van der Waals surface area contributed by atoms with Gasteiger partial charge in [-0.2, -0.15) is 0 Å². The molecule has 1 atom stereocenters. The summed E-state index contributed by atoms with van der Waals surface area (Å²) in [4.78, 5) is 0. The lowest BCUT2D eigenvalue weighted by Crippen LogP contribution is -2.36. The van der Waals surface area contributed by atoms with E-state index in [1.807, 2.05) is 12.1 Å². The first-order chi connectivity index (χ1) is 7.74. The van der Waals surface area contributed by atoms with Crippen LogP contribution in [0.2, 0.25) is 5.02 Å². The molecule has 1 aromatic rings. The zero-order valence-electron chi connectivity index (χ0n) is 9.67. The summed E-state index contributed by atoms with van der Waals surface area (Å²) in [5, 5.41) is 7.81. The molecule has 0 aliphatic heterocycles. The fraction of sp³-hybridized carbons (Fsp3) is 0.538. The maximum absolute atomic E-state index is 5.84. The Morgan fingerprint density at radius 2 is 2.00 bits per heavy atom. The lowest BCUT2D eigenvalue weighted by atomic mass is 10.2. The summed E-state index contributed by atoms with van der Waals surface area (Å²) < 4.78 is 0. The highest BCUT2D eigenvalue weighted by molar-refractivity contribution is 6.30. The van der Waals surface area contributed by atoms with E-state index in [1.165, 1.54) is 18.4 Å². The molecule has 0 amide bonds. The molecule has 1 aliphatic rings. The molecule has 88 valence electrons. The Labute approximate surface area is 102 Å². The number of hydrogen-bond donors (Lipinski definition) is 2. The van der Waals surface area contributed by atoms with Crippen LogP contribution in [0.5, 0.6) is 0 Å². The standard InChI is InChI=1S/C13H19ClN2/c1-10(8-16-13-6-7-13)15-9-11-2-4-12(14)5-3-11/h2-5,10,13,15-16H,6-9H2,1H3. The second kappa shape index (κ2) is 5.67. The summed E-state index contributed by atoms with van der Waals surface area (Å²) in [6, 6.07) is 9.31. The van der Waals surface area contributed by atoms with Gasteiger partial charge in [0.25, 0.3) is 0 Å². The lowest BCUT2D eigenvalue weighted by molar-refractivity contribution is 0.500. The van der Waals surface area contributed by atoms with E-state index in [4.69, 9.17) is 11.6 Å². The van der Waals surface area contributed by atoms with E-state index in [1.54, 1.807) is 0 Å². The zero-order chi connectivity index (χ0) is 11.4. The van der Waals surface area contributed by atoms with Gasteiger partial charge in [0.1, 0.15) is 0 Å². The third-order valence-corrected chi connectivity index (χ3v) is 3.11. The van der Waals surface area contributed by atoms with Crippen LogP contribution in [0, 0.1) is 0 Å². The van der Waals surface area contributed by atoms with Crippen LogP contribution >= 0.6 is 11.6 Å². The smallest absolute Gasteiger partial charge is 0.0406 e. The van der Waals surface area contributed by atoms with Crippen LogP contribution in [-0.2, 0) is 6.54 Å². The Morgan fingerprint density at radius 1 is 1.31 bits per heavy atom. The van der Waals surface area contributed by atoms with Gasteiger partial charge in [0.2, 0.25) is 0 Å². The molecular formula is C13H19ClN2. The molecule has 1 aliphatic carbocycles. The molecule has 1 fully saturated rings. The second-order valence-electron chi connectivity index (χ2n) is 4.59. The van der Waals surface area contributed by atoms with E-state index < -0.39 is 0 Å². The quantitative estimate of drug-likeness (QED) is 0.796. The molecule has 1 unspecified atom stereocenters. The van der Waals surface area contributed by atoms with Crippen molar-refractivity contribution in [3.8, 4) is 0 Å². The van der Waals surface area contributed by atoms with E-state index in [0.29, 0.717) is 6.04 Å². The van der Waals surface area contributed by atoms with Gasteiger partial charge in [-0.15, -0.1) is 0 Å². The van der Waals surface area contributed by atoms with Crippen molar-refractivity contribution in [2.45, 2.75) is 38.4 Å². The molecule has 2 nitrogen and oxygen atoms in total. The molecule has 2 rings (SSSR count). The number of benzene rings is 1. The summed E-state index contributed by atoms with van der Waals surface area (Å²) in [7, 11) is 0. The minimum Gasteiger partial charge on any atom is -0.312 e. The van der Waals surface area contributed by atoms with Crippen molar-refractivity contribution >= 4 is 11.6 Å². The van der Waals surface area contributed by atoms with Crippen LogP contribution in [0.15, 0.2) is 24.3 Å². The van der Waals surface area contributed by atoms with E-state index in [-0.39, 0.29) is 0 Å². The molecule has 3 heteroatoms. The highest BCUT2D eigenvalue weighted by Crippen LogP contribution is 2.18. The average molecular weight is 239 g/mol. The molecule has 0 spiro atoms. The van der Waals surface area contributed by atoms with E-state index in [2.05, 4.69) is 29.7 Å². The molecule has 0 heterocycles. The minimum atomic E-state index is 0.510. The van der Waals surface area contributed by atoms with Crippen molar-refractivity contribution in [3.05, 3.63) is 34.9 Å². The van der Waals surface area contributed by atoms with Crippen molar-refractivity contribution in [1.82, 2.24) is 10.6 Å². The number of nitrogens with one attached hydrogen (secondary N) is 2.